The van der Waals surface area contributed by atoms with Crippen molar-refractivity contribution in [3.05, 3.63) is 381 Å². The first-order valence-corrected chi connectivity index (χ1v) is 40.7. The molecule has 0 saturated heterocycles. The summed E-state index contributed by atoms with van der Waals surface area (Å²) >= 11 is 0. The van der Waals surface area contributed by atoms with Crippen LogP contribution in [0.4, 0.5) is 0 Å². The van der Waals surface area contributed by atoms with E-state index in [0.29, 0.717) is 0 Å². The Morgan fingerprint density at radius 1 is 0.280 bits per heavy atom. The maximum Gasteiger partial charge on any atom is 0.136 e. The van der Waals surface area contributed by atoms with Crippen molar-refractivity contribution in [1.82, 2.24) is 24.1 Å². The number of allylic oxidation sites excluding steroid dienone is 1. The van der Waals surface area contributed by atoms with E-state index in [1.165, 1.54) is 130 Å². The Bertz CT molecular complexity index is 8620. The number of pyridine rings is 3. The largest absolute Gasteiger partial charge is 0.456 e. The molecule has 1 aliphatic heterocycles. The van der Waals surface area contributed by atoms with Crippen molar-refractivity contribution in [1.29, 1.82) is 0 Å². The van der Waals surface area contributed by atoms with E-state index in [9.17, 15) is 0 Å². The monoisotopic (exact) mass is 1500 g/mol. The van der Waals surface area contributed by atoms with Gasteiger partial charge in [-0.15, -0.1) is 0 Å². The summed E-state index contributed by atoms with van der Waals surface area (Å²) in [5.41, 5.74) is 27.4. The molecule has 2 aliphatic rings. The molecule has 7 heteroatoms. The van der Waals surface area contributed by atoms with Crippen molar-refractivity contribution in [2.24, 2.45) is 4.99 Å². The minimum Gasteiger partial charge on any atom is -0.456 e. The van der Waals surface area contributed by atoms with Gasteiger partial charge in [-0.1, -0.05) is 231 Å². The number of para-hydroxylation sites is 3. The lowest BCUT2D eigenvalue weighted by atomic mass is 9.77. The molecule has 7 nitrogen and oxygen atoms in total. The molecule has 0 spiro atoms. The summed E-state index contributed by atoms with van der Waals surface area (Å²) in [4.78, 5) is 20.6. The van der Waals surface area contributed by atoms with Crippen LogP contribution in [0.25, 0.3) is 241 Å². The zero-order valence-electron chi connectivity index (χ0n) is 64.0. The van der Waals surface area contributed by atoms with E-state index < -0.39 is 0 Å². The van der Waals surface area contributed by atoms with E-state index in [2.05, 4.69) is 368 Å². The van der Waals surface area contributed by atoms with Crippen molar-refractivity contribution in [2.75, 3.05) is 0 Å². The van der Waals surface area contributed by atoms with Crippen molar-refractivity contribution in [3.8, 4) is 78.4 Å². The highest BCUT2D eigenvalue weighted by Crippen LogP contribution is 2.51. The Morgan fingerprint density at radius 3 is 1.51 bits per heavy atom. The number of aromatic nitrogens is 5. The maximum absolute atomic E-state index is 6.63. The summed E-state index contributed by atoms with van der Waals surface area (Å²) in [5.74, 6) is 0.167. The van der Waals surface area contributed by atoms with Gasteiger partial charge in [0, 0.05) is 89.5 Å². The van der Waals surface area contributed by atoms with Crippen LogP contribution in [0.15, 0.2) is 374 Å². The second-order valence-corrected chi connectivity index (χ2v) is 32.2. The molecule has 26 rings (SSSR count). The van der Waals surface area contributed by atoms with Gasteiger partial charge in [0.15, 0.2) is 0 Å². The summed E-state index contributed by atoms with van der Waals surface area (Å²) in [5, 5.41) is 26.2. The van der Waals surface area contributed by atoms with Crippen LogP contribution in [0.3, 0.4) is 0 Å². The van der Waals surface area contributed by atoms with E-state index in [0.717, 1.165) is 128 Å². The smallest absolute Gasteiger partial charge is 0.136 e. The van der Waals surface area contributed by atoms with E-state index in [1.807, 2.05) is 18.5 Å². The Morgan fingerprint density at radius 2 is 0.771 bits per heavy atom. The highest BCUT2D eigenvalue weighted by molar-refractivity contribution is 6.31. The molecule has 118 heavy (non-hydrogen) atoms. The molecule has 0 saturated carbocycles. The van der Waals surface area contributed by atoms with E-state index in [-0.39, 0.29) is 12.0 Å². The minimum atomic E-state index is -0.0487. The third-order valence-electron chi connectivity index (χ3n) is 26.0. The molecular formula is C111H66N6O. The Labute approximate surface area is 676 Å². The third-order valence-corrected chi connectivity index (χ3v) is 26.0. The number of rotatable bonds is 7. The summed E-state index contributed by atoms with van der Waals surface area (Å²) in [6.45, 7) is 2.23. The highest BCUT2D eigenvalue weighted by Gasteiger charge is 2.35. The van der Waals surface area contributed by atoms with Crippen LogP contribution in [0.5, 0.6) is 0 Å². The minimum absolute atomic E-state index is 0.0487. The fraction of sp³-hybridized carbons (Fsp3) is 0.0270. The number of nitrogens with zero attached hydrogens (tertiary/aromatic N) is 6. The SMILES string of the molecule is Cc1cc(-c2ccc3c4ccccc4c4cccnc4c3n2)ccc1-c1ccc2c(c1)c1ccccc1c1cc3c4ccccc4n(-c4ccc5c(c4)c4ccccc4n5-c4ccc(-c5ccc6c7cc(-c8ccc(-c9ccc%10c(n9)C9N=CC=CC9c9ccccc9-%10)cc8)ccc7c7cc8oc9ccccc9c8cc7c6c5)cc4)c3cc21. The first-order chi connectivity index (χ1) is 58.4. The van der Waals surface area contributed by atoms with E-state index >= 15 is 0 Å². The third kappa shape index (κ3) is 9.52. The number of hydrogen-bond acceptors (Lipinski definition) is 5. The number of dihydropyridines is 1. The Kier molecular flexibility index (Phi) is 13.7. The van der Waals surface area contributed by atoms with Gasteiger partial charge in [-0.3, -0.25) is 9.98 Å². The van der Waals surface area contributed by atoms with Gasteiger partial charge in [0.05, 0.1) is 50.2 Å². The predicted octanol–water partition coefficient (Wildman–Crippen LogP) is 29.4. The van der Waals surface area contributed by atoms with Crippen molar-refractivity contribution < 1.29 is 4.42 Å². The van der Waals surface area contributed by atoms with Crippen LogP contribution < -0.4 is 0 Å². The average Bonchev–Trinajstić information content (AvgIpc) is 1.47. The van der Waals surface area contributed by atoms with Crippen LogP contribution in [0.1, 0.15) is 28.8 Å². The zero-order valence-corrected chi connectivity index (χ0v) is 64.0. The standard InChI is InChI=1S/C111H66N6O/c1-63-54-70(101-50-48-89-77-19-5-3-17-75(77)87-26-15-53-113-109(87)111(89)115-101)39-43-73(63)69-38-46-81-91(57-69)78-20-6-7-21-79(78)93-59-98-84-23-9-12-28-103(84)117(105(98)61-95(81)93)72-42-51-104-97(58-72)83-22-8-11-27-102(83)116(104)71-40-34-65(35-41-71)68-36-44-80-90-55-67(37-45-82(90)96-62-107-99(60-94(96)92(80)56-68)85-24-10-13-29-106(85)118-107)64-30-32-66(33-31-64)100-49-47-88-76-18-4-2-16-74(76)86-25-14-52-112-108(86)110(88)114-100/h2-62,86,108H,1H3. The van der Waals surface area contributed by atoms with Crippen LogP contribution in [-0.2, 0) is 0 Å². The second kappa shape index (κ2) is 24.8. The van der Waals surface area contributed by atoms with Gasteiger partial charge >= 0.3 is 0 Å². The molecule has 18 aromatic carbocycles. The number of fused-ring (bicyclic) bond motifs is 33. The van der Waals surface area contributed by atoms with Gasteiger partial charge in [0.25, 0.3) is 0 Å². The van der Waals surface area contributed by atoms with E-state index in [1.54, 1.807) is 0 Å². The Hall–Kier alpha value is -15.4. The number of aryl methyl sites for hydroxylation is 1. The van der Waals surface area contributed by atoms with Crippen LogP contribution in [-0.4, -0.2) is 30.3 Å². The van der Waals surface area contributed by atoms with Crippen molar-refractivity contribution in [2.45, 2.75) is 18.9 Å². The van der Waals surface area contributed by atoms with Gasteiger partial charge in [-0.25, -0.2) is 9.97 Å². The van der Waals surface area contributed by atoms with Crippen LogP contribution in [0, 0.1) is 6.92 Å². The normalized spacial score (nSPS) is 14.1. The average molecular weight is 1500 g/mol. The fourth-order valence-electron chi connectivity index (χ4n) is 20.5. The molecule has 0 radical (unpaired) electrons. The number of furan rings is 1. The lowest BCUT2D eigenvalue weighted by Crippen LogP contribution is -2.18. The predicted molar refractivity (Wildman–Crippen MR) is 494 cm³/mol. The molecule has 2 atom stereocenters. The summed E-state index contributed by atoms with van der Waals surface area (Å²) in [6, 6.07) is 128. The van der Waals surface area contributed by atoms with Gasteiger partial charge in [-0.2, -0.15) is 0 Å². The Balaban J connectivity index is 0.555. The van der Waals surface area contributed by atoms with Gasteiger partial charge < -0.3 is 13.6 Å². The van der Waals surface area contributed by atoms with Crippen molar-refractivity contribution >= 4 is 169 Å². The fourth-order valence-corrected chi connectivity index (χ4v) is 20.5. The molecule has 0 N–H and O–H groups in total. The molecule has 546 valence electrons. The van der Waals surface area contributed by atoms with Crippen LogP contribution in [0.2, 0.25) is 0 Å². The first kappa shape index (κ1) is 65.0. The molecule has 6 aromatic heterocycles. The number of benzene rings is 18. The van der Waals surface area contributed by atoms with Gasteiger partial charge in [0.1, 0.15) is 17.2 Å². The lowest BCUT2D eigenvalue weighted by Gasteiger charge is -2.32. The molecular weight excluding hydrogens is 1430 g/mol. The summed E-state index contributed by atoms with van der Waals surface area (Å²) in [7, 11) is 0. The molecule has 24 aromatic rings. The number of hydrogen-bond donors (Lipinski definition) is 0. The molecule has 1 aliphatic carbocycles. The first-order valence-electron chi connectivity index (χ1n) is 40.7. The lowest BCUT2D eigenvalue weighted by molar-refractivity contribution is 0.620. The summed E-state index contributed by atoms with van der Waals surface area (Å²) < 4.78 is 11.6. The highest BCUT2D eigenvalue weighted by atomic mass is 16.3. The maximum atomic E-state index is 6.63. The van der Waals surface area contributed by atoms with Crippen LogP contribution >= 0.6 is 0 Å². The zero-order chi connectivity index (χ0) is 77.1. The van der Waals surface area contributed by atoms with Gasteiger partial charge in [-0.05, 0) is 260 Å². The molecule has 0 bridgehead atoms. The molecule has 0 amide bonds. The summed E-state index contributed by atoms with van der Waals surface area (Å²) in [6.07, 6.45) is 8.14. The van der Waals surface area contributed by atoms with E-state index in [4.69, 9.17) is 24.4 Å². The molecule has 7 heterocycles. The number of aliphatic imine (C=N–C) groups is 1. The molecule has 0 fully saturated rings. The quantitative estimate of drug-likeness (QED) is 0.149. The van der Waals surface area contributed by atoms with Gasteiger partial charge in [0.2, 0.25) is 0 Å². The molecule has 2 unspecified atom stereocenters. The second-order valence-electron chi connectivity index (χ2n) is 32.2. The topological polar surface area (TPSA) is 74.0 Å². The van der Waals surface area contributed by atoms with Crippen molar-refractivity contribution in [3.63, 3.8) is 0 Å².